The topological polar surface area (TPSA) is 90.3 Å². The van der Waals surface area contributed by atoms with Crippen molar-refractivity contribution >= 4 is 11.8 Å². The molecule has 7 nitrogen and oxygen atoms in total. The molecule has 2 aromatic carbocycles. The van der Waals surface area contributed by atoms with Crippen LogP contribution in [-0.2, 0) is 11.2 Å². The minimum absolute atomic E-state index is 0.00160. The Bertz CT molecular complexity index is 1030. The normalized spacial score (nSPS) is 23.5. The summed E-state index contributed by atoms with van der Waals surface area (Å²) < 4.78 is 5.77. The first-order valence-corrected chi connectivity index (χ1v) is 11.9. The van der Waals surface area contributed by atoms with Gasteiger partial charge in [-0.2, -0.15) is 0 Å². The summed E-state index contributed by atoms with van der Waals surface area (Å²) >= 11 is 0. The van der Waals surface area contributed by atoms with Gasteiger partial charge in [-0.3, -0.25) is 9.59 Å². The summed E-state index contributed by atoms with van der Waals surface area (Å²) in [6.07, 6.45) is -0.00669. The predicted octanol–water partition coefficient (Wildman–Crippen LogP) is 2.42. The van der Waals surface area contributed by atoms with Crippen molar-refractivity contribution in [2.75, 3.05) is 33.3 Å². The first-order valence-electron chi connectivity index (χ1n) is 11.9. The van der Waals surface area contributed by atoms with Gasteiger partial charge in [0.2, 0.25) is 0 Å². The van der Waals surface area contributed by atoms with Crippen LogP contribution in [0.2, 0.25) is 0 Å². The third-order valence-electron chi connectivity index (χ3n) is 7.21. The largest absolute Gasteiger partial charge is 0.483 e. The van der Waals surface area contributed by atoms with Crippen molar-refractivity contribution in [3.05, 3.63) is 65.2 Å². The van der Waals surface area contributed by atoms with E-state index in [0.29, 0.717) is 50.2 Å². The fourth-order valence-electron chi connectivity index (χ4n) is 5.17. The zero-order chi connectivity index (χ0) is 24.3. The Labute approximate surface area is 200 Å². The number of piperidine rings is 1. The SMILES string of the molecule is Cc1cccc(C(=O)N2CCC3(CC2)C[C@@H](O)[C@@H](O)Cc2ccccc2OCC(=O)N(C)C3)c1. The van der Waals surface area contributed by atoms with Crippen molar-refractivity contribution in [2.45, 2.75) is 44.8 Å². The molecule has 2 aliphatic heterocycles. The molecule has 2 heterocycles. The van der Waals surface area contributed by atoms with Crippen molar-refractivity contribution in [1.29, 1.82) is 0 Å². The third kappa shape index (κ3) is 5.42. The lowest BCUT2D eigenvalue weighted by Crippen LogP contribution is -2.51. The lowest BCUT2D eigenvalue weighted by atomic mass is 9.72. The molecule has 2 amide bonds. The first kappa shape index (κ1) is 24.2. The number of likely N-dealkylation sites (tertiary alicyclic amines) is 1. The fraction of sp³-hybridized carbons (Fsp3) is 0.481. The van der Waals surface area contributed by atoms with Crippen LogP contribution in [0.5, 0.6) is 5.75 Å². The highest BCUT2D eigenvalue weighted by atomic mass is 16.5. The Hall–Kier alpha value is -2.90. The van der Waals surface area contributed by atoms with E-state index < -0.39 is 17.6 Å². The average molecular weight is 467 g/mol. The van der Waals surface area contributed by atoms with Gasteiger partial charge < -0.3 is 24.7 Å². The number of para-hydroxylation sites is 1. The number of likely N-dealkylation sites (N-methyl/N-ethyl adjacent to an activating group) is 1. The van der Waals surface area contributed by atoms with Crippen LogP contribution >= 0.6 is 0 Å². The van der Waals surface area contributed by atoms with Crippen molar-refractivity contribution < 1.29 is 24.5 Å². The highest BCUT2D eigenvalue weighted by molar-refractivity contribution is 5.94. The summed E-state index contributed by atoms with van der Waals surface area (Å²) in [6.45, 7) is 3.40. The standard InChI is InChI=1S/C27H34N2O5/c1-19-6-5-8-21(14-19)26(33)29-12-10-27(11-13-29)16-23(31)22(30)15-20-7-3-4-9-24(20)34-17-25(32)28(2)18-27/h3-9,14,22-23,30-31H,10-13,15-18H2,1-2H3/t22-,23+/m0/s1. The van der Waals surface area contributed by atoms with E-state index in [2.05, 4.69) is 0 Å². The monoisotopic (exact) mass is 466 g/mol. The van der Waals surface area contributed by atoms with Crippen molar-refractivity contribution in [2.24, 2.45) is 5.41 Å². The number of carbonyl (C=O) groups is 2. The Balaban J connectivity index is 1.52. The lowest BCUT2D eigenvalue weighted by molar-refractivity contribution is -0.135. The van der Waals surface area contributed by atoms with Crippen LogP contribution in [0.4, 0.5) is 0 Å². The molecular formula is C27H34N2O5. The molecule has 7 heteroatoms. The second kappa shape index (κ2) is 10.2. The fourth-order valence-corrected chi connectivity index (χ4v) is 5.17. The summed E-state index contributed by atoms with van der Waals surface area (Å²) in [5.74, 6) is 0.415. The van der Waals surface area contributed by atoms with Crippen LogP contribution in [0.3, 0.4) is 0 Å². The second-order valence-corrected chi connectivity index (χ2v) is 9.85. The van der Waals surface area contributed by atoms with E-state index in [1.54, 1.807) is 18.0 Å². The molecule has 1 fully saturated rings. The van der Waals surface area contributed by atoms with Crippen LogP contribution in [0, 0.1) is 12.3 Å². The highest BCUT2D eigenvalue weighted by Crippen LogP contribution is 2.39. The molecule has 2 aliphatic rings. The summed E-state index contributed by atoms with van der Waals surface area (Å²) in [7, 11) is 1.75. The molecule has 2 N–H and O–H groups in total. The van der Waals surface area contributed by atoms with Gasteiger partial charge in [0.25, 0.3) is 11.8 Å². The van der Waals surface area contributed by atoms with E-state index in [1.807, 2.05) is 54.3 Å². The van der Waals surface area contributed by atoms with Crippen molar-refractivity contribution in [1.82, 2.24) is 9.80 Å². The van der Waals surface area contributed by atoms with Gasteiger partial charge in [-0.15, -0.1) is 0 Å². The number of rotatable bonds is 1. The van der Waals surface area contributed by atoms with Gasteiger partial charge in [-0.05, 0) is 55.4 Å². The van der Waals surface area contributed by atoms with Crippen molar-refractivity contribution in [3.8, 4) is 5.75 Å². The molecule has 0 aromatic heterocycles. The number of benzene rings is 2. The zero-order valence-corrected chi connectivity index (χ0v) is 19.9. The molecule has 0 unspecified atom stereocenters. The maximum Gasteiger partial charge on any atom is 0.260 e. The number of amides is 2. The van der Waals surface area contributed by atoms with Crippen molar-refractivity contribution in [3.63, 3.8) is 0 Å². The number of ether oxygens (including phenoxy) is 1. The molecule has 0 radical (unpaired) electrons. The van der Waals surface area contributed by atoms with Crippen LogP contribution < -0.4 is 4.74 Å². The molecule has 4 rings (SSSR count). The maximum absolute atomic E-state index is 13.0. The number of carbonyl (C=O) groups excluding carboxylic acids is 2. The van der Waals surface area contributed by atoms with Gasteiger partial charge in [-0.1, -0.05) is 35.9 Å². The molecule has 1 spiro atoms. The van der Waals surface area contributed by atoms with E-state index in [4.69, 9.17) is 4.74 Å². The molecule has 2 atom stereocenters. The average Bonchev–Trinajstić information content (AvgIpc) is 2.82. The van der Waals surface area contributed by atoms with E-state index >= 15 is 0 Å². The second-order valence-electron chi connectivity index (χ2n) is 9.85. The summed E-state index contributed by atoms with van der Waals surface area (Å²) in [5, 5.41) is 21.8. The molecule has 0 aliphatic carbocycles. The lowest BCUT2D eigenvalue weighted by Gasteiger charge is -2.45. The summed E-state index contributed by atoms with van der Waals surface area (Å²) in [6, 6.07) is 14.9. The number of aliphatic hydroxyl groups excluding tert-OH is 2. The Morgan fingerprint density at radius 1 is 1.06 bits per heavy atom. The van der Waals surface area contributed by atoms with Gasteiger partial charge in [0, 0.05) is 38.7 Å². The van der Waals surface area contributed by atoms with E-state index in [1.165, 1.54) is 0 Å². The smallest absolute Gasteiger partial charge is 0.260 e. The summed E-state index contributed by atoms with van der Waals surface area (Å²) in [5.41, 5.74) is 2.08. The molecule has 34 heavy (non-hydrogen) atoms. The van der Waals surface area contributed by atoms with Crippen LogP contribution in [0.1, 0.15) is 40.7 Å². The number of nitrogens with zero attached hydrogens (tertiary/aromatic N) is 2. The van der Waals surface area contributed by atoms with Gasteiger partial charge in [0.05, 0.1) is 12.2 Å². The van der Waals surface area contributed by atoms with Gasteiger partial charge in [0.15, 0.2) is 6.61 Å². The third-order valence-corrected chi connectivity index (χ3v) is 7.21. The molecule has 0 bridgehead atoms. The van der Waals surface area contributed by atoms with E-state index in [0.717, 1.165) is 11.1 Å². The quantitative estimate of drug-likeness (QED) is 0.674. The van der Waals surface area contributed by atoms with Gasteiger partial charge in [0.1, 0.15) is 5.75 Å². The number of aryl methyl sites for hydroxylation is 1. The van der Waals surface area contributed by atoms with Crippen LogP contribution in [-0.4, -0.2) is 77.3 Å². The number of fused-ring (bicyclic) bond motifs is 1. The zero-order valence-electron chi connectivity index (χ0n) is 19.9. The highest BCUT2D eigenvalue weighted by Gasteiger charge is 2.41. The Morgan fingerprint density at radius 2 is 1.79 bits per heavy atom. The molecule has 0 saturated carbocycles. The molecule has 182 valence electrons. The van der Waals surface area contributed by atoms with E-state index in [-0.39, 0.29) is 24.8 Å². The minimum atomic E-state index is -0.950. The Morgan fingerprint density at radius 3 is 2.53 bits per heavy atom. The predicted molar refractivity (Wildman–Crippen MR) is 129 cm³/mol. The van der Waals surface area contributed by atoms with Gasteiger partial charge in [-0.25, -0.2) is 0 Å². The molecular weight excluding hydrogens is 432 g/mol. The van der Waals surface area contributed by atoms with Crippen LogP contribution in [0.15, 0.2) is 48.5 Å². The number of aliphatic hydroxyl groups is 2. The van der Waals surface area contributed by atoms with Crippen LogP contribution in [0.25, 0.3) is 0 Å². The maximum atomic E-state index is 13.0. The summed E-state index contributed by atoms with van der Waals surface area (Å²) in [4.78, 5) is 29.4. The van der Waals surface area contributed by atoms with Gasteiger partial charge >= 0.3 is 0 Å². The van der Waals surface area contributed by atoms with E-state index in [9.17, 15) is 19.8 Å². The first-order chi connectivity index (χ1) is 16.3. The minimum Gasteiger partial charge on any atom is -0.483 e. The number of hydrogen-bond acceptors (Lipinski definition) is 5. The molecule has 1 saturated heterocycles. The number of hydrogen-bond donors (Lipinski definition) is 2. The molecule has 2 aromatic rings. The Kier molecular flexibility index (Phi) is 7.24.